The Kier molecular flexibility index (Phi) is 4.97. The van der Waals surface area contributed by atoms with Crippen molar-refractivity contribution in [2.45, 2.75) is 26.3 Å². The monoisotopic (exact) mass is 287 g/mol. The molecule has 0 amide bonds. The molecule has 3 heteroatoms. The lowest BCUT2D eigenvalue weighted by molar-refractivity contribution is 0.386. The summed E-state index contributed by atoms with van der Waals surface area (Å²) in [5.74, 6) is -0.0303. The molecule has 2 aromatic carbocycles. The van der Waals surface area contributed by atoms with E-state index in [-0.39, 0.29) is 17.6 Å². The molecule has 0 fully saturated rings. The number of benzene rings is 2. The van der Waals surface area contributed by atoms with Gasteiger partial charge in [0.05, 0.1) is 7.11 Å². The molecule has 0 bridgehead atoms. The van der Waals surface area contributed by atoms with Crippen LogP contribution >= 0.6 is 0 Å². The van der Waals surface area contributed by atoms with E-state index in [0.29, 0.717) is 0 Å². The average molecular weight is 287 g/mol. The third-order valence-corrected chi connectivity index (χ3v) is 4.03. The van der Waals surface area contributed by atoms with E-state index >= 15 is 0 Å². The van der Waals surface area contributed by atoms with E-state index in [1.807, 2.05) is 13.1 Å². The SMILES string of the molecule is CNC(Cc1ccc(OC)c(F)c1)c1cccc(C)c1C. The first-order valence-electron chi connectivity index (χ1n) is 7.12. The summed E-state index contributed by atoms with van der Waals surface area (Å²) in [6.07, 6.45) is 0.738. The zero-order valence-electron chi connectivity index (χ0n) is 13.0. The molecule has 0 aliphatic heterocycles. The molecule has 0 saturated heterocycles. The predicted molar refractivity (Wildman–Crippen MR) is 84.4 cm³/mol. The molecule has 21 heavy (non-hydrogen) atoms. The van der Waals surface area contributed by atoms with Crippen LogP contribution in [0.15, 0.2) is 36.4 Å². The largest absolute Gasteiger partial charge is 0.494 e. The molecule has 1 N–H and O–H groups in total. The molecule has 2 nitrogen and oxygen atoms in total. The molecule has 0 aliphatic carbocycles. The third kappa shape index (κ3) is 3.42. The van der Waals surface area contributed by atoms with Crippen molar-refractivity contribution >= 4 is 0 Å². The van der Waals surface area contributed by atoms with Crippen LogP contribution in [0.4, 0.5) is 4.39 Å². The molecule has 0 radical (unpaired) electrons. The van der Waals surface area contributed by atoms with Gasteiger partial charge in [-0.25, -0.2) is 4.39 Å². The average Bonchev–Trinajstić information content (AvgIpc) is 2.48. The molecule has 0 spiro atoms. The van der Waals surface area contributed by atoms with Crippen molar-refractivity contribution in [3.05, 3.63) is 64.5 Å². The maximum atomic E-state index is 13.8. The molecular formula is C18H22FNO. The van der Waals surface area contributed by atoms with Gasteiger partial charge in [-0.1, -0.05) is 24.3 Å². The van der Waals surface area contributed by atoms with Gasteiger partial charge in [0.1, 0.15) is 0 Å². The molecule has 0 aliphatic rings. The Morgan fingerprint density at radius 1 is 1.19 bits per heavy atom. The van der Waals surface area contributed by atoms with Gasteiger partial charge in [-0.2, -0.15) is 0 Å². The number of ether oxygens (including phenoxy) is 1. The van der Waals surface area contributed by atoms with E-state index in [2.05, 4.69) is 37.4 Å². The van der Waals surface area contributed by atoms with Gasteiger partial charge in [0.25, 0.3) is 0 Å². The van der Waals surface area contributed by atoms with Crippen LogP contribution in [-0.4, -0.2) is 14.2 Å². The zero-order valence-corrected chi connectivity index (χ0v) is 13.0. The number of methoxy groups -OCH3 is 1. The van der Waals surface area contributed by atoms with Crippen LogP contribution in [0.1, 0.15) is 28.3 Å². The van der Waals surface area contributed by atoms with Crippen molar-refractivity contribution in [3.63, 3.8) is 0 Å². The summed E-state index contributed by atoms with van der Waals surface area (Å²) >= 11 is 0. The van der Waals surface area contributed by atoms with Gasteiger partial charge < -0.3 is 10.1 Å². The summed E-state index contributed by atoms with van der Waals surface area (Å²) in [4.78, 5) is 0. The standard InChI is InChI=1S/C18H22FNO/c1-12-6-5-7-15(13(12)2)17(20-3)11-14-8-9-18(21-4)16(19)10-14/h5-10,17,20H,11H2,1-4H3. The van der Waals surface area contributed by atoms with Crippen molar-refractivity contribution in [3.8, 4) is 5.75 Å². The quantitative estimate of drug-likeness (QED) is 0.899. The second-order valence-corrected chi connectivity index (χ2v) is 5.30. The van der Waals surface area contributed by atoms with Crippen LogP contribution in [0.2, 0.25) is 0 Å². The van der Waals surface area contributed by atoms with Crippen LogP contribution in [0.5, 0.6) is 5.75 Å². The summed E-state index contributed by atoms with van der Waals surface area (Å²) in [7, 11) is 3.41. The van der Waals surface area contributed by atoms with Gasteiger partial charge in [-0.15, -0.1) is 0 Å². The molecule has 0 saturated carbocycles. The highest BCUT2D eigenvalue weighted by molar-refractivity contribution is 5.37. The minimum absolute atomic E-state index is 0.165. The zero-order chi connectivity index (χ0) is 15.4. The number of nitrogens with one attached hydrogen (secondary N) is 1. The van der Waals surface area contributed by atoms with Gasteiger partial charge in [0.2, 0.25) is 0 Å². The van der Waals surface area contributed by atoms with Crippen molar-refractivity contribution in [1.29, 1.82) is 0 Å². The summed E-state index contributed by atoms with van der Waals surface area (Å²) in [5, 5.41) is 3.33. The molecule has 0 aromatic heterocycles. The van der Waals surface area contributed by atoms with Crippen molar-refractivity contribution < 1.29 is 9.13 Å². The van der Waals surface area contributed by atoms with E-state index in [9.17, 15) is 4.39 Å². The second kappa shape index (κ2) is 6.72. The van der Waals surface area contributed by atoms with Crippen LogP contribution < -0.4 is 10.1 Å². The van der Waals surface area contributed by atoms with Crippen LogP contribution in [0.3, 0.4) is 0 Å². The van der Waals surface area contributed by atoms with Gasteiger partial charge in [-0.05, 0) is 61.7 Å². The fourth-order valence-electron chi connectivity index (χ4n) is 2.59. The maximum absolute atomic E-state index is 13.8. The Balaban J connectivity index is 2.27. The molecular weight excluding hydrogens is 265 g/mol. The van der Waals surface area contributed by atoms with Gasteiger partial charge in [-0.3, -0.25) is 0 Å². The van der Waals surface area contributed by atoms with E-state index < -0.39 is 0 Å². The normalized spacial score (nSPS) is 12.2. The van der Waals surface area contributed by atoms with Crippen LogP contribution in [0.25, 0.3) is 0 Å². The molecule has 0 heterocycles. The lowest BCUT2D eigenvalue weighted by Gasteiger charge is -2.20. The molecule has 2 aromatic rings. The number of halogens is 1. The molecule has 2 rings (SSSR count). The van der Waals surface area contributed by atoms with E-state index in [0.717, 1.165) is 12.0 Å². The van der Waals surface area contributed by atoms with Crippen LogP contribution in [-0.2, 0) is 6.42 Å². The maximum Gasteiger partial charge on any atom is 0.165 e. The Morgan fingerprint density at radius 2 is 1.95 bits per heavy atom. The molecule has 112 valence electrons. The Hall–Kier alpha value is -1.87. The molecule has 1 unspecified atom stereocenters. The minimum Gasteiger partial charge on any atom is -0.494 e. The van der Waals surface area contributed by atoms with Crippen LogP contribution in [0, 0.1) is 19.7 Å². The molecule has 1 atom stereocenters. The first-order chi connectivity index (χ1) is 10.1. The summed E-state index contributed by atoms with van der Waals surface area (Å²) in [6, 6.07) is 11.6. The van der Waals surface area contributed by atoms with E-state index in [4.69, 9.17) is 4.74 Å². The van der Waals surface area contributed by atoms with E-state index in [1.54, 1.807) is 12.1 Å². The Morgan fingerprint density at radius 3 is 2.57 bits per heavy atom. The number of hydrogen-bond donors (Lipinski definition) is 1. The fraction of sp³-hybridized carbons (Fsp3) is 0.333. The number of hydrogen-bond acceptors (Lipinski definition) is 2. The number of likely N-dealkylation sites (N-methyl/N-ethyl adjacent to an activating group) is 1. The van der Waals surface area contributed by atoms with Gasteiger partial charge >= 0.3 is 0 Å². The summed E-state index contributed by atoms with van der Waals surface area (Å²) in [5.41, 5.74) is 4.77. The van der Waals surface area contributed by atoms with Crippen molar-refractivity contribution in [1.82, 2.24) is 5.32 Å². The van der Waals surface area contributed by atoms with Gasteiger partial charge in [0.15, 0.2) is 11.6 Å². The Bertz CT molecular complexity index is 625. The topological polar surface area (TPSA) is 21.3 Å². The van der Waals surface area contributed by atoms with Gasteiger partial charge in [0, 0.05) is 6.04 Å². The summed E-state index contributed by atoms with van der Waals surface area (Å²) < 4.78 is 18.8. The van der Waals surface area contributed by atoms with Crippen molar-refractivity contribution in [2.75, 3.05) is 14.2 Å². The first-order valence-corrected chi connectivity index (χ1v) is 7.12. The smallest absolute Gasteiger partial charge is 0.165 e. The second-order valence-electron chi connectivity index (χ2n) is 5.30. The highest BCUT2D eigenvalue weighted by Gasteiger charge is 2.14. The highest BCUT2D eigenvalue weighted by Crippen LogP contribution is 2.25. The third-order valence-electron chi connectivity index (χ3n) is 4.03. The summed E-state index contributed by atoms with van der Waals surface area (Å²) in [6.45, 7) is 4.24. The predicted octanol–water partition coefficient (Wildman–Crippen LogP) is 3.95. The fourth-order valence-corrected chi connectivity index (χ4v) is 2.59. The minimum atomic E-state index is -0.314. The number of rotatable bonds is 5. The van der Waals surface area contributed by atoms with Crippen molar-refractivity contribution in [2.24, 2.45) is 0 Å². The highest BCUT2D eigenvalue weighted by atomic mass is 19.1. The Labute approximate surface area is 126 Å². The first kappa shape index (κ1) is 15.5. The number of aryl methyl sites for hydroxylation is 1. The lowest BCUT2D eigenvalue weighted by atomic mass is 9.93. The lowest BCUT2D eigenvalue weighted by Crippen LogP contribution is -2.20. The van der Waals surface area contributed by atoms with E-state index in [1.165, 1.54) is 23.8 Å².